The van der Waals surface area contributed by atoms with Gasteiger partial charge in [-0.05, 0) is 35.9 Å². The minimum absolute atomic E-state index is 0.217. The summed E-state index contributed by atoms with van der Waals surface area (Å²) < 4.78 is 3.25. The number of carbonyl (C=O) groups excluding carboxylic acids is 1. The largest absolute Gasteiger partial charge is 0.348 e. The number of rotatable bonds is 5. The van der Waals surface area contributed by atoms with Crippen molar-refractivity contribution < 1.29 is 4.79 Å². The molecule has 0 bridgehead atoms. The van der Waals surface area contributed by atoms with Crippen molar-refractivity contribution in [3.05, 3.63) is 89.6 Å². The molecule has 8 heteroatoms. The van der Waals surface area contributed by atoms with E-state index >= 15 is 0 Å². The van der Waals surface area contributed by atoms with E-state index in [0.717, 1.165) is 11.3 Å². The van der Waals surface area contributed by atoms with Crippen molar-refractivity contribution in [1.82, 2.24) is 29.9 Å². The summed E-state index contributed by atoms with van der Waals surface area (Å²) in [5.74, 6) is 0.476. The lowest BCUT2D eigenvalue weighted by molar-refractivity contribution is 0.0951. The van der Waals surface area contributed by atoms with Crippen LogP contribution in [0.5, 0.6) is 0 Å². The molecule has 1 aromatic carbocycles. The molecular formula is C19H15ClN6O. The highest BCUT2D eigenvalue weighted by atomic mass is 35.5. The zero-order valence-corrected chi connectivity index (χ0v) is 14.9. The molecule has 0 fully saturated rings. The lowest BCUT2D eigenvalue weighted by Crippen LogP contribution is -2.22. The number of halogens is 1. The number of benzene rings is 1. The third-order valence-corrected chi connectivity index (χ3v) is 4.27. The summed E-state index contributed by atoms with van der Waals surface area (Å²) in [5, 5.41) is 11.8. The molecule has 134 valence electrons. The lowest BCUT2D eigenvalue weighted by Gasteiger charge is -2.06. The Morgan fingerprint density at radius 3 is 2.78 bits per heavy atom. The average Bonchev–Trinajstić information content (AvgIpc) is 3.39. The van der Waals surface area contributed by atoms with Gasteiger partial charge in [0, 0.05) is 31.3 Å². The van der Waals surface area contributed by atoms with Gasteiger partial charge in [-0.25, -0.2) is 14.3 Å². The van der Waals surface area contributed by atoms with Crippen LogP contribution in [0.15, 0.2) is 73.4 Å². The second-order valence-electron chi connectivity index (χ2n) is 5.78. The van der Waals surface area contributed by atoms with Crippen molar-refractivity contribution in [3.8, 4) is 11.5 Å². The maximum Gasteiger partial charge on any atom is 0.254 e. The van der Waals surface area contributed by atoms with Crippen LogP contribution in [0.4, 0.5) is 0 Å². The summed E-state index contributed by atoms with van der Waals surface area (Å²) in [6.07, 6.45) is 8.35. The zero-order valence-electron chi connectivity index (χ0n) is 14.2. The van der Waals surface area contributed by atoms with E-state index in [4.69, 9.17) is 11.6 Å². The molecule has 0 aliphatic heterocycles. The van der Waals surface area contributed by atoms with E-state index in [1.807, 2.05) is 42.6 Å². The van der Waals surface area contributed by atoms with E-state index in [-0.39, 0.29) is 5.91 Å². The van der Waals surface area contributed by atoms with Gasteiger partial charge in [0.05, 0.1) is 22.5 Å². The summed E-state index contributed by atoms with van der Waals surface area (Å²) in [6.45, 7) is 0.368. The molecule has 0 aliphatic carbocycles. The lowest BCUT2D eigenvalue weighted by atomic mass is 10.2. The minimum atomic E-state index is -0.217. The molecule has 1 amide bonds. The first-order valence-corrected chi connectivity index (χ1v) is 8.61. The number of hydrogen-bond donors (Lipinski definition) is 1. The highest BCUT2D eigenvalue weighted by Crippen LogP contribution is 2.19. The van der Waals surface area contributed by atoms with Gasteiger partial charge in [-0.2, -0.15) is 10.2 Å². The van der Waals surface area contributed by atoms with Gasteiger partial charge in [0.25, 0.3) is 5.91 Å². The molecule has 0 atom stereocenters. The summed E-state index contributed by atoms with van der Waals surface area (Å²) >= 11 is 6.17. The Balaban J connectivity index is 1.45. The molecule has 7 nitrogen and oxygen atoms in total. The third kappa shape index (κ3) is 3.73. The average molecular weight is 379 g/mol. The van der Waals surface area contributed by atoms with Crippen LogP contribution >= 0.6 is 11.6 Å². The topological polar surface area (TPSA) is 77.6 Å². The molecule has 0 saturated carbocycles. The fourth-order valence-corrected chi connectivity index (χ4v) is 2.82. The summed E-state index contributed by atoms with van der Waals surface area (Å²) in [7, 11) is 0. The van der Waals surface area contributed by atoms with Gasteiger partial charge in [0.15, 0.2) is 5.82 Å². The van der Waals surface area contributed by atoms with Crippen molar-refractivity contribution in [2.45, 2.75) is 6.54 Å². The molecule has 0 aliphatic rings. The quantitative estimate of drug-likeness (QED) is 0.579. The van der Waals surface area contributed by atoms with Crippen LogP contribution < -0.4 is 5.32 Å². The van der Waals surface area contributed by atoms with Crippen LogP contribution in [0, 0.1) is 0 Å². The van der Waals surface area contributed by atoms with E-state index in [1.165, 1.54) is 6.20 Å². The highest BCUT2D eigenvalue weighted by Gasteiger charge is 2.11. The van der Waals surface area contributed by atoms with Gasteiger partial charge in [-0.1, -0.05) is 23.7 Å². The monoisotopic (exact) mass is 378 g/mol. The first-order valence-electron chi connectivity index (χ1n) is 8.23. The molecule has 0 radical (unpaired) electrons. The van der Waals surface area contributed by atoms with Gasteiger partial charge in [0.1, 0.15) is 0 Å². The van der Waals surface area contributed by atoms with Crippen LogP contribution in [-0.2, 0) is 6.54 Å². The number of para-hydroxylation sites is 1. The van der Waals surface area contributed by atoms with Crippen molar-refractivity contribution in [3.63, 3.8) is 0 Å². The number of pyridine rings is 1. The maximum absolute atomic E-state index is 12.4. The number of carbonyl (C=O) groups is 1. The van der Waals surface area contributed by atoms with Crippen LogP contribution in [0.3, 0.4) is 0 Å². The van der Waals surface area contributed by atoms with E-state index in [9.17, 15) is 4.79 Å². The minimum Gasteiger partial charge on any atom is -0.348 e. The van der Waals surface area contributed by atoms with Gasteiger partial charge in [-0.15, -0.1) is 0 Å². The van der Waals surface area contributed by atoms with Crippen LogP contribution in [-0.4, -0.2) is 30.5 Å². The Hall–Kier alpha value is -3.45. The van der Waals surface area contributed by atoms with Crippen LogP contribution in [0.1, 0.15) is 15.9 Å². The number of amides is 1. The molecular weight excluding hydrogens is 364 g/mol. The molecule has 0 unspecified atom stereocenters. The number of nitrogens with zero attached hydrogens (tertiary/aromatic N) is 5. The fraction of sp³-hybridized carbons (Fsp3) is 0.0526. The fourth-order valence-electron chi connectivity index (χ4n) is 2.59. The van der Waals surface area contributed by atoms with Crippen LogP contribution in [0.2, 0.25) is 5.02 Å². The van der Waals surface area contributed by atoms with Gasteiger partial charge in [0.2, 0.25) is 0 Å². The normalized spacial score (nSPS) is 10.7. The van der Waals surface area contributed by atoms with Gasteiger partial charge < -0.3 is 5.32 Å². The molecule has 27 heavy (non-hydrogen) atoms. The molecule has 0 spiro atoms. The van der Waals surface area contributed by atoms with E-state index in [2.05, 4.69) is 20.5 Å². The Morgan fingerprint density at radius 1 is 1.07 bits per heavy atom. The summed E-state index contributed by atoms with van der Waals surface area (Å²) in [6, 6.07) is 12.9. The van der Waals surface area contributed by atoms with Gasteiger partial charge >= 0.3 is 0 Å². The predicted octanol–water partition coefficient (Wildman–Crippen LogP) is 3.04. The smallest absolute Gasteiger partial charge is 0.254 e. The zero-order chi connectivity index (χ0) is 18.6. The first-order chi connectivity index (χ1) is 13.2. The third-order valence-electron chi connectivity index (χ3n) is 3.95. The highest BCUT2D eigenvalue weighted by molar-refractivity contribution is 6.32. The Morgan fingerprint density at radius 2 is 1.96 bits per heavy atom. The predicted molar refractivity (Wildman–Crippen MR) is 101 cm³/mol. The van der Waals surface area contributed by atoms with E-state index in [0.29, 0.717) is 22.9 Å². The van der Waals surface area contributed by atoms with Crippen LogP contribution in [0.25, 0.3) is 11.5 Å². The molecule has 3 heterocycles. The number of aromatic nitrogens is 5. The van der Waals surface area contributed by atoms with Gasteiger partial charge in [-0.3, -0.25) is 4.79 Å². The Bertz CT molecular complexity index is 1070. The summed E-state index contributed by atoms with van der Waals surface area (Å²) in [4.78, 5) is 16.7. The molecule has 4 aromatic rings. The molecule has 1 N–H and O–H groups in total. The van der Waals surface area contributed by atoms with E-state index in [1.54, 1.807) is 34.0 Å². The molecule has 0 saturated heterocycles. The second kappa shape index (κ2) is 7.43. The Labute approximate surface area is 160 Å². The summed E-state index contributed by atoms with van der Waals surface area (Å²) in [5.41, 5.74) is 2.09. The SMILES string of the molecule is O=C(NCc1ccnc(-n2cccn2)c1)c1cnn(-c2ccccc2Cl)c1. The maximum atomic E-state index is 12.4. The second-order valence-corrected chi connectivity index (χ2v) is 6.19. The molecule has 4 rings (SSSR count). The van der Waals surface area contributed by atoms with Crippen molar-refractivity contribution in [2.75, 3.05) is 0 Å². The number of hydrogen-bond acceptors (Lipinski definition) is 4. The van der Waals surface area contributed by atoms with Crippen molar-refractivity contribution >= 4 is 17.5 Å². The first kappa shape index (κ1) is 17.0. The van der Waals surface area contributed by atoms with E-state index < -0.39 is 0 Å². The standard InChI is InChI=1S/C19H15ClN6O/c20-16-4-1-2-5-17(16)26-13-15(12-24-26)19(27)22-11-14-6-8-21-18(10-14)25-9-3-7-23-25/h1-10,12-13H,11H2,(H,22,27). The van der Waals surface area contributed by atoms with Crippen molar-refractivity contribution in [1.29, 1.82) is 0 Å². The number of nitrogens with one attached hydrogen (secondary N) is 1. The Kier molecular flexibility index (Phi) is 4.67. The molecule has 3 aromatic heterocycles. The van der Waals surface area contributed by atoms with Crippen molar-refractivity contribution in [2.24, 2.45) is 0 Å².